The number of benzene rings is 1. The Morgan fingerprint density at radius 1 is 1.33 bits per heavy atom. The lowest BCUT2D eigenvalue weighted by Crippen LogP contribution is -2.37. The fraction of sp³-hybridized carbons (Fsp3) is 0.522. The Labute approximate surface area is 198 Å². The van der Waals surface area contributed by atoms with Crippen molar-refractivity contribution in [2.45, 2.75) is 30.9 Å². The molecule has 2 heterocycles. The zero-order chi connectivity index (χ0) is 23.6. The van der Waals surface area contributed by atoms with Gasteiger partial charge in [0, 0.05) is 30.8 Å². The predicted octanol–water partition coefficient (Wildman–Crippen LogP) is 2.86. The molecule has 33 heavy (non-hydrogen) atoms. The van der Waals surface area contributed by atoms with Gasteiger partial charge in [-0.2, -0.15) is 11.8 Å². The molecule has 10 heteroatoms. The van der Waals surface area contributed by atoms with Crippen LogP contribution in [0.1, 0.15) is 17.1 Å². The first-order valence-electron chi connectivity index (χ1n) is 10.9. The maximum absolute atomic E-state index is 11.1. The van der Waals surface area contributed by atoms with E-state index in [0.717, 1.165) is 47.3 Å². The average Bonchev–Trinajstić information content (AvgIpc) is 3.39. The molecule has 1 N–H and O–H groups in total. The van der Waals surface area contributed by atoms with E-state index in [2.05, 4.69) is 15.2 Å². The van der Waals surface area contributed by atoms with Gasteiger partial charge in [0.1, 0.15) is 29.5 Å². The largest absolute Gasteiger partial charge is 0.487 e. The number of hydrogen-bond acceptors (Lipinski definition) is 8. The molecule has 1 aliphatic heterocycles. The third-order valence-corrected chi connectivity index (χ3v) is 6.12. The van der Waals surface area contributed by atoms with Gasteiger partial charge in [0.05, 0.1) is 18.8 Å². The molecule has 9 nitrogen and oxygen atoms in total. The van der Waals surface area contributed by atoms with Crippen LogP contribution in [0.5, 0.6) is 5.75 Å². The molecule has 0 radical (unpaired) electrons. The number of nitrogens with zero attached hydrogens (tertiary/aromatic N) is 3. The van der Waals surface area contributed by atoms with Crippen molar-refractivity contribution in [2.75, 3.05) is 46.6 Å². The summed E-state index contributed by atoms with van der Waals surface area (Å²) in [7, 11) is 5.62. The first-order valence-corrected chi connectivity index (χ1v) is 12.1. The lowest BCUT2D eigenvalue weighted by atomic mass is 10.1. The van der Waals surface area contributed by atoms with Crippen LogP contribution in [-0.2, 0) is 23.5 Å². The number of furan rings is 1. The van der Waals surface area contributed by atoms with Crippen molar-refractivity contribution >= 4 is 17.6 Å². The van der Waals surface area contributed by atoms with E-state index in [9.17, 15) is 10.1 Å². The Hall–Kier alpha value is -2.56. The van der Waals surface area contributed by atoms with E-state index >= 15 is 0 Å². The topological polar surface area (TPSA) is 102 Å². The predicted molar refractivity (Wildman–Crippen MR) is 130 cm³/mol. The molecule has 1 aromatic heterocycles. The van der Waals surface area contributed by atoms with Gasteiger partial charge in [0.2, 0.25) is 0 Å². The number of hydrogen-bond donors (Lipinski definition) is 1. The number of fused-ring (bicyclic) bond motifs is 1. The summed E-state index contributed by atoms with van der Waals surface area (Å²) in [6.45, 7) is 1.29. The van der Waals surface area contributed by atoms with Crippen molar-refractivity contribution < 1.29 is 18.8 Å². The van der Waals surface area contributed by atoms with Crippen LogP contribution in [0.4, 0.5) is 0 Å². The number of nitrogens with one attached hydrogen (secondary N) is 1. The smallest absolute Gasteiger partial charge is 0.259 e. The van der Waals surface area contributed by atoms with Crippen molar-refractivity contribution in [1.29, 1.82) is 0 Å². The van der Waals surface area contributed by atoms with E-state index in [1.165, 1.54) is 0 Å². The highest BCUT2D eigenvalue weighted by atomic mass is 32.2. The maximum atomic E-state index is 11.1. The Balaban J connectivity index is 1.44. The number of thioether (sulfide) groups is 1. The van der Waals surface area contributed by atoms with Crippen molar-refractivity contribution in [3.8, 4) is 5.75 Å². The fourth-order valence-corrected chi connectivity index (χ4v) is 4.33. The van der Waals surface area contributed by atoms with Gasteiger partial charge in [-0.25, -0.2) is 0 Å². The third kappa shape index (κ3) is 8.06. The first kappa shape index (κ1) is 25.1. The molecule has 1 aliphatic rings. The zero-order valence-electron chi connectivity index (χ0n) is 19.4. The van der Waals surface area contributed by atoms with Gasteiger partial charge < -0.3 is 24.1 Å². The van der Waals surface area contributed by atoms with Gasteiger partial charge in [0.25, 0.3) is 6.54 Å². The van der Waals surface area contributed by atoms with Gasteiger partial charge in [-0.3, -0.25) is 15.1 Å². The summed E-state index contributed by atoms with van der Waals surface area (Å²) in [6, 6.07) is 11.9. The van der Waals surface area contributed by atoms with Gasteiger partial charge in [-0.1, -0.05) is 18.2 Å². The Morgan fingerprint density at radius 3 is 2.85 bits per heavy atom. The molecule has 0 amide bonds. The minimum atomic E-state index is -0.377. The molecule has 0 saturated heterocycles. The highest BCUT2D eigenvalue weighted by Crippen LogP contribution is 2.30. The molecule has 1 aromatic carbocycles. The number of rotatable bonds is 13. The first-order chi connectivity index (χ1) is 15.9. The summed E-state index contributed by atoms with van der Waals surface area (Å²) >= 11 is 1.70. The standard InChI is InChI=1S/C23H32N4O5S/c1-26(2)14-18-8-9-19(31-18)16-33-11-10-24-23(15-27(28)29)25-13-22(30-3)21-12-17-6-4-5-7-20(17)32-21/h4-9,21-22H,10-16H2,1-3H3,(H,24,25). The number of nitro groups is 1. The molecule has 0 aliphatic carbocycles. The van der Waals surface area contributed by atoms with E-state index in [1.807, 2.05) is 50.5 Å². The molecular weight excluding hydrogens is 444 g/mol. The highest BCUT2D eigenvalue weighted by molar-refractivity contribution is 7.98. The minimum Gasteiger partial charge on any atom is -0.487 e. The van der Waals surface area contributed by atoms with Crippen LogP contribution in [0.15, 0.2) is 45.8 Å². The lowest BCUT2D eigenvalue weighted by molar-refractivity contribution is -0.463. The lowest BCUT2D eigenvalue weighted by Gasteiger charge is -2.20. The molecule has 0 bridgehead atoms. The van der Waals surface area contributed by atoms with Gasteiger partial charge in [-0.15, -0.1) is 0 Å². The quantitative estimate of drug-likeness (QED) is 0.155. The summed E-state index contributed by atoms with van der Waals surface area (Å²) in [5.74, 6) is 4.61. The summed E-state index contributed by atoms with van der Waals surface area (Å²) in [4.78, 5) is 17.2. The SMILES string of the molecule is COC(CN=C(C[N+](=O)[O-])NCCSCc1ccc(CN(C)C)o1)C1Cc2ccccc2O1. The van der Waals surface area contributed by atoms with E-state index in [-0.39, 0.29) is 23.7 Å². The molecule has 3 rings (SSSR count). The van der Waals surface area contributed by atoms with Gasteiger partial charge in [-0.05, 0) is 37.9 Å². The van der Waals surface area contributed by atoms with Crippen molar-refractivity contribution in [2.24, 2.45) is 4.99 Å². The monoisotopic (exact) mass is 476 g/mol. The second-order valence-corrected chi connectivity index (χ2v) is 9.21. The molecule has 180 valence electrons. The van der Waals surface area contributed by atoms with Crippen LogP contribution >= 0.6 is 11.8 Å². The summed E-state index contributed by atoms with van der Waals surface area (Å²) in [5.41, 5.74) is 1.14. The number of para-hydroxylation sites is 1. The second-order valence-electron chi connectivity index (χ2n) is 8.11. The van der Waals surface area contributed by atoms with Gasteiger partial charge >= 0.3 is 0 Å². The summed E-state index contributed by atoms with van der Waals surface area (Å²) in [6.07, 6.45) is 0.293. The molecule has 2 atom stereocenters. The molecule has 0 spiro atoms. The molecular formula is C23H32N4O5S. The van der Waals surface area contributed by atoms with Crippen molar-refractivity contribution in [1.82, 2.24) is 10.2 Å². The van der Waals surface area contributed by atoms with Crippen LogP contribution in [-0.4, -0.2) is 74.5 Å². The van der Waals surface area contributed by atoms with Crippen LogP contribution in [0.3, 0.4) is 0 Å². The zero-order valence-corrected chi connectivity index (χ0v) is 20.2. The third-order valence-electron chi connectivity index (χ3n) is 5.14. The molecule has 0 saturated carbocycles. The van der Waals surface area contributed by atoms with Crippen LogP contribution in [0.25, 0.3) is 0 Å². The summed E-state index contributed by atoms with van der Waals surface area (Å²) < 4.78 is 17.4. The highest BCUT2D eigenvalue weighted by Gasteiger charge is 2.30. The van der Waals surface area contributed by atoms with E-state index in [1.54, 1.807) is 18.9 Å². The van der Waals surface area contributed by atoms with E-state index < -0.39 is 0 Å². The second kappa shape index (κ2) is 12.6. The Kier molecular flexibility index (Phi) is 9.59. The average molecular weight is 477 g/mol. The number of amidine groups is 1. The Bertz CT molecular complexity index is 908. The van der Waals surface area contributed by atoms with Crippen LogP contribution in [0, 0.1) is 10.1 Å². The van der Waals surface area contributed by atoms with Crippen LogP contribution < -0.4 is 10.1 Å². The molecule has 2 aromatic rings. The van der Waals surface area contributed by atoms with Gasteiger partial charge in [0.15, 0.2) is 5.84 Å². The molecule has 2 unspecified atom stereocenters. The van der Waals surface area contributed by atoms with E-state index in [0.29, 0.717) is 18.9 Å². The Morgan fingerprint density at radius 2 is 2.12 bits per heavy atom. The minimum absolute atomic E-state index is 0.158. The number of methoxy groups -OCH3 is 1. The number of aliphatic imine (C=N–C) groups is 1. The summed E-state index contributed by atoms with van der Waals surface area (Å²) in [5, 5.41) is 14.2. The fourth-order valence-electron chi connectivity index (χ4n) is 3.58. The number of ether oxygens (including phenoxy) is 2. The maximum Gasteiger partial charge on any atom is 0.259 e. The normalized spacial score (nSPS) is 16.5. The van der Waals surface area contributed by atoms with Crippen molar-refractivity contribution in [3.05, 3.63) is 63.6 Å². The van der Waals surface area contributed by atoms with E-state index in [4.69, 9.17) is 13.9 Å². The molecule has 0 fully saturated rings. The van der Waals surface area contributed by atoms with Crippen molar-refractivity contribution in [3.63, 3.8) is 0 Å². The van der Waals surface area contributed by atoms with Crippen LogP contribution in [0.2, 0.25) is 0 Å².